The minimum Gasteiger partial charge on any atom is -0.462 e. The van der Waals surface area contributed by atoms with Gasteiger partial charge in [0.15, 0.2) is 6.10 Å². The summed E-state index contributed by atoms with van der Waals surface area (Å²) < 4.78 is 26.3. The summed E-state index contributed by atoms with van der Waals surface area (Å²) >= 11 is 0. The summed E-state index contributed by atoms with van der Waals surface area (Å²) in [6, 6.07) is 0. The van der Waals surface area contributed by atoms with Gasteiger partial charge in [0.25, 0.3) is 0 Å². The van der Waals surface area contributed by atoms with Crippen molar-refractivity contribution in [1.82, 2.24) is 0 Å². The molecule has 0 radical (unpaired) electrons. The highest BCUT2D eigenvalue weighted by Crippen LogP contribution is 2.36. The number of ether oxygens (including phenoxy) is 2. The van der Waals surface area contributed by atoms with E-state index in [1.165, 1.54) is 135 Å². The number of allylic oxidation sites excluding steroid dienone is 5. The molecular weight excluding hydrogens is 715 g/mol. The van der Waals surface area contributed by atoms with Gasteiger partial charge in [0.05, 0.1) is 12.7 Å². The van der Waals surface area contributed by atoms with Gasteiger partial charge in [-0.1, -0.05) is 198 Å². The highest BCUT2D eigenvalue weighted by Gasteiger charge is 2.23. The highest BCUT2D eigenvalue weighted by atomic mass is 31.2. The van der Waals surface area contributed by atoms with E-state index in [4.69, 9.17) is 19.3 Å². The van der Waals surface area contributed by atoms with Gasteiger partial charge in [-0.3, -0.25) is 14.1 Å². The molecule has 322 valence electrons. The quantitative estimate of drug-likeness (QED) is 0.0181. The lowest BCUT2D eigenvalue weighted by Crippen LogP contribution is -2.29. The van der Waals surface area contributed by atoms with Gasteiger partial charge in [-0.2, -0.15) is 0 Å². The Morgan fingerprint density at radius 2 is 1.04 bits per heavy atom. The molecule has 10 heteroatoms. The predicted molar refractivity (Wildman–Crippen MR) is 227 cm³/mol. The third-order valence-electron chi connectivity index (χ3n) is 9.77. The number of aliphatic hydroxyl groups excluding tert-OH is 1. The molecule has 0 rings (SSSR count). The SMILES string of the molecule is CCCCCCCC/C=C/C/C=C/C=C/C(O)CCCC(=O)O[C@H](COC(=O)CCCCCCCCCCCCCCCCCCCCC)COP(=O)(O)O. The number of phosphoric ester groups is 1. The van der Waals surface area contributed by atoms with E-state index >= 15 is 0 Å². The molecule has 9 nitrogen and oxygen atoms in total. The van der Waals surface area contributed by atoms with Crippen LogP contribution in [-0.4, -0.2) is 52.3 Å². The van der Waals surface area contributed by atoms with Crippen LogP contribution in [0, 0.1) is 0 Å². The first-order chi connectivity index (χ1) is 26.7. The monoisotopic (exact) mass is 799 g/mol. The van der Waals surface area contributed by atoms with Crippen molar-refractivity contribution >= 4 is 19.8 Å². The summed E-state index contributed by atoms with van der Waals surface area (Å²) in [6.07, 6.45) is 44.7. The van der Waals surface area contributed by atoms with Crippen molar-refractivity contribution in [3.05, 3.63) is 36.5 Å². The molecule has 3 N–H and O–H groups in total. The number of esters is 2. The van der Waals surface area contributed by atoms with Crippen molar-refractivity contribution in [2.45, 2.75) is 225 Å². The summed E-state index contributed by atoms with van der Waals surface area (Å²) in [5.74, 6) is -1.07. The fraction of sp³-hybridized carbons (Fsp3) is 0.822. The molecule has 0 aliphatic carbocycles. The lowest BCUT2D eigenvalue weighted by Gasteiger charge is -2.18. The van der Waals surface area contributed by atoms with Crippen molar-refractivity contribution in [2.75, 3.05) is 13.2 Å². The van der Waals surface area contributed by atoms with Crippen molar-refractivity contribution in [1.29, 1.82) is 0 Å². The smallest absolute Gasteiger partial charge is 0.462 e. The third kappa shape index (κ3) is 43.2. The zero-order valence-electron chi connectivity index (χ0n) is 35.2. The minimum atomic E-state index is -4.81. The van der Waals surface area contributed by atoms with Crippen LogP contribution in [0.5, 0.6) is 0 Å². The Hall–Kier alpha value is -1.77. The Balaban J connectivity index is 4.02. The Morgan fingerprint density at radius 3 is 1.55 bits per heavy atom. The molecule has 0 saturated heterocycles. The minimum absolute atomic E-state index is 0.0101. The van der Waals surface area contributed by atoms with Gasteiger partial charge < -0.3 is 24.4 Å². The summed E-state index contributed by atoms with van der Waals surface area (Å²) in [6.45, 7) is 3.54. The van der Waals surface area contributed by atoms with E-state index in [-0.39, 0.29) is 19.4 Å². The van der Waals surface area contributed by atoms with Crippen molar-refractivity contribution < 1.29 is 43.0 Å². The van der Waals surface area contributed by atoms with Crippen LogP contribution in [0.2, 0.25) is 0 Å². The molecule has 0 saturated carbocycles. The molecule has 0 aromatic carbocycles. The number of rotatable bonds is 41. The number of hydrogen-bond acceptors (Lipinski definition) is 7. The van der Waals surface area contributed by atoms with E-state index in [1.54, 1.807) is 12.2 Å². The first-order valence-electron chi connectivity index (χ1n) is 22.4. The Labute approximate surface area is 336 Å². The summed E-state index contributed by atoms with van der Waals surface area (Å²) in [5.41, 5.74) is 0. The number of unbranched alkanes of at least 4 members (excludes halogenated alkanes) is 24. The molecule has 0 spiro atoms. The Bertz CT molecular complexity index is 1010. The van der Waals surface area contributed by atoms with Gasteiger partial charge in [-0.05, 0) is 38.5 Å². The van der Waals surface area contributed by atoms with Gasteiger partial charge in [0.2, 0.25) is 0 Å². The van der Waals surface area contributed by atoms with Gasteiger partial charge in [-0.25, -0.2) is 4.57 Å². The predicted octanol–water partition coefficient (Wildman–Crippen LogP) is 12.7. The largest absolute Gasteiger partial charge is 0.469 e. The first kappa shape index (κ1) is 53.2. The van der Waals surface area contributed by atoms with E-state index in [2.05, 4.69) is 30.5 Å². The van der Waals surface area contributed by atoms with Gasteiger partial charge in [0.1, 0.15) is 6.61 Å². The Morgan fingerprint density at radius 1 is 0.564 bits per heavy atom. The lowest BCUT2D eigenvalue weighted by molar-refractivity contribution is -0.161. The second kappa shape index (κ2) is 40.4. The van der Waals surface area contributed by atoms with Crippen LogP contribution in [0.1, 0.15) is 213 Å². The van der Waals surface area contributed by atoms with Crippen LogP contribution in [0.3, 0.4) is 0 Å². The van der Waals surface area contributed by atoms with Crippen LogP contribution >= 0.6 is 7.82 Å². The maximum atomic E-state index is 12.4. The molecule has 0 heterocycles. The second-order valence-corrected chi connectivity index (χ2v) is 16.5. The van der Waals surface area contributed by atoms with Crippen LogP contribution in [0.4, 0.5) is 0 Å². The van der Waals surface area contributed by atoms with Crippen molar-refractivity contribution in [3.63, 3.8) is 0 Å². The zero-order valence-corrected chi connectivity index (χ0v) is 36.1. The summed E-state index contributed by atoms with van der Waals surface area (Å²) in [5, 5.41) is 10.2. The Kier molecular flexibility index (Phi) is 39.1. The van der Waals surface area contributed by atoms with Gasteiger partial charge >= 0.3 is 19.8 Å². The van der Waals surface area contributed by atoms with Crippen LogP contribution in [0.25, 0.3) is 0 Å². The lowest BCUT2D eigenvalue weighted by atomic mass is 10.0. The molecule has 0 aromatic heterocycles. The number of carbonyl (C=O) groups excluding carboxylic acids is 2. The maximum Gasteiger partial charge on any atom is 0.469 e. The molecular formula is C45H83O9P. The number of hydrogen-bond donors (Lipinski definition) is 3. The van der Waals surface area contributed by atoms with E-state index < -0.39 is 38.6 Å². The van der Waals surface area contributed by atoms with E-state index in [9.17, 15) is 19.3 Å². The topological polar surface area (TPSA) is 140 Å². The molecule has 1 unspecified atom stereocenters. The van der Waals surface area contributed by atoms with E-state index in [1.807, 2.05) is 12.2 Å². The second-order valence-electron chi connectivity index (χ2n) is 15.2. The van der Waals surface area contributed by atoms with Crippen molar-refractivity contribution in [2.24, 2.45) is 0 Å². The molecule has 0 bridgehead atoms. The summed E-state index contributed by atoms with van der Waals surface area (Å²) in [7, 11) is -4.81. The molecule has 55 heavy (non-hydrogen) atoms. The first-order valence-corrected chi connectivity index (χ1v) is 23.9. The molecule has 0 aliphatic rings. The standard InChI is InChI=1S/C45H83O9P/c1-3-5-7-9-11-13-15-17-18-19-20-21-22-24-26-28-30-32-34-38-44(47)52-40-43(41-53-55(49,50)51)54-45(48)39-35-37-42(46)36-33-31-29-27-25-23-16-14-12-10-8-6-4-2/h23,25,29,31,33,36,42-43,46H,3-22,24,26-28,30,32,34-35,37-41H2,1-2H3,(H2,49,50,51)/b25-23+,31-29+,36-33+/t42?,43-/m1/s1. The van der Waals surface area contributed by atoms with Crippen LogP contribution < -0.4 is 0 Å². The van der Waals surface area contributed by atoms with E-state index in [0.717, 1.165) is 32.1 Å². The molecule has 0 amide bonds. The fourth-order valence-corrected chi connectivity index (χ4v) is 6.74. The average Bonchev–Trinajstić information content (AvgIpc) is 3.15. The van der Waals surface area contributed by atoms with E-state index in [0.29, 0.717) is 19.3 Å². The molecule has 0 aliphatic heterocycles. The highest BCUT2D eigenvalue weighted by molar-refractivity contribution is 7.46. The number of aliphatic hydroxyl groups is 1. The van der Waals surface area contributed by atoms with Gasteiger partial charge in [-0.15, -0.1) is 0 Å². The number of carbonyl (C=O) groups is 2. The molecule has 2 atom stereocenters. The third-order valence-corrected chi connectivity index (χ3v) is 10.3. The van der Waals surface area contributed by atoms with Gasteiger partial charge in [0, 0.05) is 12.8 Å². The fourth-order valence-electron chi connectivity index (χ4n) is 6.38. The summed E-state index contributed by atoms with van der Waals surface area (Å²) in [4.78, 5) is 42.9. The maximum absolute atomic E-state index is 12.4. The van der Waals surface area contributed by atoms with Crippen molar-refractivity contribution in [3.8, 4) is 0 Å². The zero-order chi connectivity index (χ0) is 40.5. The number of phosphoric acid groups is 1. The molecule has 0 aromatic rings. The normalized spacial score (nSPS) is 13.3. The van der Waals surface area contributed by atoms with Crippen LogP contribution in [0.15, 0.2) is 36.5 Å². The average molecular weight is 799 g/mol. The molecule has 0 fully saturated rings. The van der Waals surface area contributed by atoms with Crippen LogP contribution in [-0.2, 0) is 28.2 Å².